The molecule has 0 rings (SSSR count). The molecule has 0 spiro atoms. The number of rotatable bonds is 7. The van der Waals surface area contributed by atoms with Crippen molar-refractivity contribution in [3.63, 3.8) is 0 Å². The zero-order valence-electron chi connectivity index (χ0n) is 7.93. The average molecular weight is 374 g/mol. The predicted octanol–water partition coefficient (Wildman–Crippen LogP) is 0.125. The van der Waals surface area contributed by atoms with E-state index in [1.807, 2.05) is 0 Å². The van der Waals surface area contributed by atoms with Gasteiger partial charge in [0.05, 0.1) is 0 Å². The summed E-state index contributed by atoms with van der Waals surface area (Å²) in [5, 5.41) is 0. The second-order valence-electron chi connectivity index (χ2n) is 3.20. The van der Waals surface area contributed by atoms with Crippen LogP contribution in [0.1, 0.15) is 33.1 Å². The third-order valence-electron chi connectivity index (χ3n) is 1.52. The van der Waals surface area contributed by atoms with Crippen LogP contribution in [0.25, 0.3) is 0 Å². The van der Waals surface area contributed by atoms with Gasteiger partial charge in [-0.05, 0) is 0 Å². The Kier molecular flexibility index (Phi) is 10.9. The Labute approximate surface area is 94.4 Å². The van der Waals surface area contributed by atoms with Gasteiger partial charge in [0.1, 0.15) is 0 Å². The van der Waals surface area contributed by atoms with E-state index < -0.39 is 22.0 Å². The van der Waals surface area contributed by atoms with Crippen molar-refractivity contribution in [2.75, 3.05) is 6.61 Å². The molecule has 0 aromatic carbocycles. The summed E-state index contributed by atoms with van der Waals surface area (Å²) in [6.45, 7) is 5.50. The van der Waals surface area contributed by atoms with Gasteiger partial charge in [0, 0.05) is 0 Å². The monoisotopic (exact) mass is 376 g/mol. The standard InChI is InChI=1S/C7H15O.O.2Sn.5H/c1-7(2)5-3-4-6-8;;;;;;;;/h7H,3-6H2,1-2H3;;;;;;;;/q-1;;;+1;;;;;. The molecule has 68 valence electrons. The van der Waals surface area contributed by atoms with E-state index in [0.29, 0.717) is 22.9 Å². The quantitative estimate of drug-likeness (QED) is 0.466. The summed E-state index contributed by atoms with van der Waals surface area (Å²) in [7, 11) is 0. The molecule has 0 fully saturated rings. The molecule has 0 unspecified atom stereocenters. The molecule has 2 nitrogen and oxygen atoms in total. The van der Waals surface area contributed by atoms with Crippen molar-refractivity contribution in [1.29, 1.82) is 0 Å². The molecule has 0 amide bonds. The number of unbranched alkanes of at least 4 members (excludes halogenated alkanes) is 1. The third kappa shape index (κ3) is 11.5. The van der Waals surface area contributed by atoms with Crippen LogP contribution in [-0.4, -0.2) is 51.5 Å². The molecule has 0 atom stereocenters. The van der Waals surface area contributed by atoms with Gasteiger partial charge in [-0.25, -0.2) is 0 Å². The van der Waals surface area contributed by atoms with Crippen LogP contribution in [-0.2, 0) is 4.49 Å². The van der Waals surface area contributed by atoms with Crippen LogP contribution in [0.4, 0.5) is 0 Å². The first-order valence-electron chi connectivity index (χ1n) is 4.34. The Bertz CT molecular complexity index is 78.8. The second-order valence-corrected chi connectivity index (χ2v) is 17.7. The summed E-state index contributed by atoms with van der Waals surface area (Å²) in [5.41, 5.74) is 0. The van der Waals surface area contributed by atoms with Crippen molar-refractivity contribution >= 4 is 44.9 Å². The van der Waals surface area contributed by atoms with Gasteiger partial charge in [0.15, 0.2) is 0 Å². The van der Waals surface area contributed by atoms with Crippen LogP contribution in [0.3, 0.4) is 0 Å². The van der Waals surface area contributed by atoms with E-state index in [4.69, 9.17) is 4.49 Å². The first kappa shape index (κ1) is 12.5. The molecule has 0 aromatic heterocycles. The summed E-state index contributed by atoms with van der Waals surface area (Å²) in [6, 6.07) is 0. The van der Waals surface area contributed by atoms with Gasteiger partial charge in [-0.3, -0.25) is 0 Å². The van der Waals surface area contributed by atoms with E-state index in [0.717, 1.165) is 12.5 Å². The van der Waals surface area contributed by atoms with Crippen molar-refractivity contribution < 1.29 is 4.49 Å². The third-order valence-corrected chi connectivity index (χ3v) is 8.01. The molecule has 0 aliphatic heterocycles. The van der Waals surface area contributed by atoms with Gasteiger partial charge >= 0.3 is 95.0 Å². The summed E-state index contributed by atoms with van der Waals surface area (Å²) in [4.78, 5) is 0. The molecular formula is C7H20O2Sn2. The van der Waals surface area contributed by atoms with E-state index in [-0.39, 0.29) is 0 Å². The molecule has 0 N–H and O–H groups in total. The van der Waals surface area contributed by atoms with Crippen LogP contribution >= 0.6 is 0 Å². The van der Waals surface area contributed by atoms with Crippen LogP contribution in [0, 0.1) is 5.92 Å². The van der Waals surface area contributed by atoms with E-state index in [9.17, 15) is 0 Å². The zero-order valence-corrected chi connectivity index (χ0v) is 17.7. The summed E-state index contributed by atoms with van der Waals surface area (Å²) in [6.07, 6.45) is 3.88. The SMILES string of the molecule is CC(C)CCCC[O][SnH2][O][SnH3]. The molecule has 0 saturated carbocycles. The number of hydrogen-bond donors (Lipinski definition) is 0. The normalized spacial score (nSPS) is 12.3. The predicted molar refractivity (Wildman–Crippen MR) is 54.2 cm³/mol. The fraction of sp³-hybridized carbons (Fsp3) is 1.00. The summed E-state index contributed by atoms with van der Waals surface area (Å²) in [5.74, 6) is 0.845. The van der Waals surface area contributed by atoms with Gasteiger partial charge in [-0.1, -0.05) is 0 Å². The fourth-order valence-electron chi connectivity index (χ4n) is 0.899. The minimum absolute atomic E-state index is 0.430. The van der Waals surface area contributed by atoms with Gasteiger partial charge in [0.25, 0.3) is 0 Å². The Morgan fingerprint density at radius 2 is 2.09 bits per heavy atom. The van der Waals surface area contributed by atoms with Gasteiger partial charge in [-0.2, -0.15) is 0 Å². The van der Waals surface area contributed by atoms with Crippen molar-refractivity contribution in [2.24, 2.45) is 5.92 Å². The van der Waals surface area contributed by atoms with Gasteiger partial charge in [-0.15, -0.1) is 0 Å². The summed E-state index contributed by atoms with van der Waals surface area (Å²) >= 11 is -0.644. The molecule has 0 saturated heterocycles. The van der Waals surface area contributed by atoms with E-state index in [1.165, 1.54) is 19.3 Å². The van der Waals surface area contributed by atoms with Gasteiger partial charge in [0.2, 0.25) is 0 Å². The average Bonchev–Trinajstić information content (AvgIpc) is 1.96. The molecule has 0 aliphatic carbocycles. The second kappa shape index (κ2) is 9.60. The maximum absolute atomic E-state index is 5.40. The number of hydrogen-bond acceptors (Lipinski definition) is 2. The Hall–Kier alpha value is 1.52. The van der Waals surface area contributed by atoms with E-state index >= 15 is 0 Å². The van der Waals surface area contributed by atoms with Crippen LogP contribution in [0.15, 0.2) is 0 Å². The van der Waals surface area contributed by atoms with Crippen molar-refractivity contribution in [3.8, 4) is 0 Å². The van der Waals surface area contributed by atoms with Crippen molar-refractivity contribution in [2.45, 2.75) is 33.1 Å². The first-order valence-corrected chi connectivity index (χ1v) is 9.96. The van der Waals surface area contributed by atoms with E-state index in [2.05, 4.69) is 13.8 Å². The molecular weight excluding hydrogens is 353 g/mol. The van der Waals surface area contributed by atoms with Crippen LogP contribution in [0.5, 0.6) is 0 Å². The van der Waals surface area contributed by atoms with Crippen LogP contribution < -0.4 is 0 Å². The molecule has 4 heteroatoms. The minimum atomic E-state index is -1.07. The Morgan fingerprint density at radius 3 is 2.64 bits per heavy atom. The Balaban J connectivity index is 2.80. The molecule has 0 aromatic rings. The van der Waals surface area contributed by atoms with E-state index in [1.54, 1.807) is 0 Å². The molecule has 0 heterocycles. The molecule has 0 bridgehead atoms. The Morgan fingerprint density at radius 1 is 1.36 bits per heavy atom. The fourth-order valence-corrected chi connectivity index (χ4v) is 5.48. The van der Waals surface area contributed by atoms with Crippen molar-refractivity contribution in [3.05, 3.63) is 0 Å². The summed E-state index contributed by atoms with van der Waals surface area (Å²) < 4.78 is 10.6. The van der Waals surface area contributed by atoms with Crippen molar-refractivity contribution in [1.82, 2.24) is 0 Å². The topological polar surface area (TPSA) is 18.5 Å². The first-order chi connectivity index (χ1) is 5.27. The molecule has 0 radical (unpaired) electrons. The van der Waals surface area contributed by atoms with Crippen LogP contribution in [0.2, 0.25) is 0 Å². The molecule has 11 heavy (non-hydrogen) atoms. The zero-order chi connectivity index (χ0) is 8.53. The van der Waals surface area contributed by atoms with Gasteiger partial charge < -0.3 is 0 Å². The molecule has 0 aliphatic rings. The maximum atomic E-state index is 5.40.